The molecule has 0 aliphatic heterocycles. The van der Waals surface area contributed by atoms with Crippen LogP contribution in [-0.4, -0.2) is 21.2 Å². The molecule has 122 valence electrons. The van der Waals surface area contributed by atoms with Gasteiger partial charge in [0.25, 0.3) is 10.0 Å². The van der Waals surface area contributed by atoms with E-state index in [0.717, 1.165) is 12.0 Å². The molecule has 0 saturated heterocycles. The highest BCUT2D eigenvalue weighted by Crippen LogP contribution is 2.25. The summed E-state index contributed by atoms with van der Waals surface area (Å²) < 4.78 is 33.5. The minimum Gasteiger partial charge on any atom is -0.492 e. The summed E-state index contributed by atoms with van der Waals surface area (Å²) in [6, 6.07) is 11.6. The van der Waals surface area contributed by atoms with Gasteiger partial charge in [-0.05, 0) is 49.2 Å². The van der Waals surface area contributed by atoms with Gasteiger partial charge in [-0.3, -0.25) is 0 Å². The minimum absolute atomic E-state index is 0.161. The average molecular weight is 352 g/mol. The Bertz CT molecular complexity index is 799. The maximum Gasteiger partial charge on any atom is 0.282 e. The summed E-state index contributed by atoms with van der Waals surface area (Å²) in [5.74, 6) is 0.576. The lowest BCUT2D eigenvalue weighted by Crippen LogP contribution is -1.98. The van der Waals surface area contributed by atoms with Gasteiger partial charge in [-0.1, -0.05) is 36.2 Å². The molecule has 0 bridgehead atoms. The first kappa shape index (κ1) is 17.5. The van der Waals surface area contributed by atoms with Crippen molar-refractivity contribution in [3.63, 3.8) is 0 Å². The van der Waals surface area contributed by atoms with Crippen molar-refractivity contribution in [2.45, 2.75) is 25.2 Å². The average Bonchev–Trinajstić information content (AvgIpc) is 2.52. The van der Waals surface area contributed by atoms with Crippen molar-refractivity contribution >= 4 is 27.8 Å². The smallest absolute Gasteiger partial charge is 0.282 e. The summed E-state index contributed by atoms with van der Waals surface area (Å²) in [7, 11) is -3.72. The van der Waals surface area contributed by atoms with Gasteiger partial charge in [-0.25, -0.2) is 0 Å². The van der Waals surface area contributed by atoms with E-state index in [1.54, 1.807) is 30.3 Å². The molecule has 0 N–H and O–H groups in total. The zero-order chi connectivity index (χ0) is 16.9. The molecule has 0 radical (unpaired) electrons. The zero-order valence-corrected chi connectivity index (χ0v) is 14.6. The number of halogens is 1. The molecule has 0 atom stereocenters. The van der Waals surface area contributed by atoms with Gasteiger partial charge in [-0.2, -0.15) is 12.8 Å². The molecule has 6 heteroatoms. The van der Waals surface area contributed by atoms with Crippen molar-refractivity contribution < 1.29 is 13.2 Å². The molecule has 0 aliphatic rings. The molecular formula is C17H18ClNO3S. The number of sulfonamides is 1. The van der Waals surface area contributed by atoms with Crippen molar-refractivity contribution in [2.75, 3.05) is 6.61 Å². The van der Waals surface area contributed by atoms with E-state index in [0.29, 0.717) is 22.9 Å². The molecular weight excluding hydrogens is 334 g/mol. The lowest BCUT2D eigenvalue weighted by molar-refractivity contribution is 0.317. The Morgan fingerprint density at radius 1 is 1.17 bits per heavy atom. The largest absolute Gasteiger partial charge is 0.492 e. The van der Waals surface area contributed by atoms with Gasteiger partial charge in [0.15, 0.2) is 0 Å². The Morgan fingerprint density at radius 2 is 1.87 bits per heavy atom. The highest BCUT2D eigenvalue weighted by Gasteiger charge is 2.11. The SMILES string of the molecule is CCCOc1ccc(/C=N\S(=O)(=O)c2ccc(C)cc2)cc1Cl. The van der Waals surface area contributed by atoms with Crippen LogP contribution in [0.2, 0.25) is 5.02 Å². The Morgan fingerprint density at radius 3 is 2.48 bits per heavy atom. The second-order valence-corrected chi connectivity index (χ2v) is 7.10. The number of hydrogen-bond acceptors (Lipinski definition) is 3. The topological polar surface area (TPSA) is 55.7 Å². The Balaban J connectivity index is 2.19. The quantitative estimate of drug-likeness (QED) is 0.731. The zero-order valence-electron chi connectivity index (χ0n) is 13.0. The van der Waals surface area contributed by atoms with Crippen molar-refractivity contribution in [1.82, 2.24) is 0 Å². The monoisotopic (exact) mass is 351 g/mol. The minimum atomic E-state index is -3.72. The van der Waals surface area contributed by atoms with Crippen molar-refractivity contribution in [1.29, 1.82) is 0 Å². The summed E-state index contributed by atoms with van der Waals surface area (Å²) in [5, 5.41) is 0.426. The highest BCUT2D eigenvalue weighted by molar-refractivity contribution is 7.90. The summed E-state index contributed by atoms with van der Waals surface area (Å²) in [5.41, 5.74) is 1.58. The Labute approximate surface area is 141 Å². The number of benzene rings is 2. The number of ether oxygens (including phenoxy) is 1. The summed E-state index contributed by atoms with van der Waals surface area (Å²) in [6.45, 7) is 4.48. The first-order valence-electron chi connectivity index (χ1n) is 7.22. The van der Waals surface area contributed by atoms with Crippen LogP contribution in [0.15, 0.2) is 51.8 Å². The highest BCUT2D eigenvalue weighted by atomic mass is 35.5. The molecule has 0 aliphatic carbocycles. The van der Waals surface area contributed by atoms with Crippen LogP contribution in [-0.2, 0) is 10.0 Å². The van der Waals surface area contributed by atoms with Gasteiger partial charge in [-0.15, -0.1) is 0 Å². The van der Waals surface area contributed by atoms with E-state index in [9.17, 15) is 8.42 Å². The molecule has 4 nitrogen and oxygen atoms in total. The van der Waals surface area contributed by atoms with Crippen molar-refractivity contribution in [3.8, 4) is 5.75 Å². The lowest BCUT2D eigenvalue weighted by Gasteiger charge is -2.06. The second-order valence-electron chi connectivity index (χ2n) is 5.06. The van der Waals surface area contributed by atoms with Crippen LogP contribution in [0.1, 0.15) is 24.5 Å². The first-order valence-corrected chi connectivity index (χ1v) is 9.03. The molecule has 23 heavy (non-hydrogen) atoms. The van der Waals surface area contributed by atoms with Gasteiger partial charge >= 0.3 is 0 Å². The molecule has 2 aromatic rings. The molecule has 0 fully saturated rings. The first-order chi connectivity index (χ1) is 10.9. The predicted octanol–water partition coefficient (Wildman–Crippen LogP) is 4.25. The number of aryl methyl sites for hydroxylation is 1. The van der Waals surface area contributed by atoms with Gasteiger partial charge < -0.3 is 4.74 Å². The van der Waals surface area contributed by atoms with E-state index in [4.69, 9.17) is 16.3 Å². The van der Waals surface area contributed by atoms with Crippen LogP contribution in [0, 0.1) is 6.92 Å². The van der Waals surface area contributed by atoms with E-state index < -0.39 is 10.0 Å². The van der Waals surface area contributed by atoms with Crippen LogP contribution in [0.4, 0.5) is 0 Å². The van der Waals surface area contributed by atoms with E-state index >= 15 is 0 Å². The number of hydrogen-bond donors (Lipinski definition) is 0. The van der Waals surface area contributed by atoms with E-state index in [1.807, 2.05) is 13.8 Å². The number of rotatable bonds is 6. The van der Waals surface area contributed by atoms with Crippen LogP contribution in [0.25, 0.3) is 0 Å². The molecule has 0 heterocycles. The Hall–Kier alpha value is -1.85. The fraction of sp³-hybridized carbons (Fsp3) is 0.235. The maximum absolute atomic E-state index is 12.2. The van der Waals surface area contributed by atoms with Crippen LogP contribution in [0.3, 0.4) is 0 Å². The second kappa shape index (κ2) is 7.62. The lowest BCUT2D eigenvalue weighted by atomic mass is 10.2. The summed E-state index contributed by atoms with van der Waals surface area (Å²) >= 11 is 6.11. The maximum atomic E-state index is 12.2. The van der Waals surface area contributed by atoms with E-state index in [2.05, 4.69) is 4.40 Å². The molecule has 0 saturated carbocycles. The van der Waals surface area contributed by atoms with Gasteiger partial charge in [0.1, 0.15) is 5.75 Å². The molecule has 0 spiro atoms. The molecule has 2 rings (SSSR count). The molecule has 2 aromatic carbocycles. The third-order valence-electron chi connectivity index (χ3n) is 3.08. The van der Waals surface area contributed by atoms with Crippen LogP contribution < -0.4 is 4.74 Å². The normalized spacial score (nSPS) is 11.8. The third kappa shape index (κ3) is 4.81. The van der Waals surface area contributed by atoms with Gasteiger partial charge in [0.2, 0.25) is 0 Å². The molecule has 0 unspecified atom stereocenters. The molecule has 0 aromatic heterocycles. The van der Waals surface area contributed by atoms with E-state index in [-0.39, 0.29) is 4.90 Å². The Kier molecular flexibility index (Phi) is 5.80. The third-order valence-corrected chi connectivity index (χ3v) is 4.62. The fourth-order valence-corrected chi connectivity index (χ4v) is 2.93. The molecule has 0 amide bonds. The summed E-state index contributed by atoms with van der Waals surface area (Å²) in [4.78, 5) is 0.161. The van der Waals surface area contributed by atoms with Crippen molar-refractivity contribution in [2.24, 2.45) is 4.40 Å². The van der Waals surface area contributed by atoms with Gasteiger partial charge in [0, 0.05) is 6.21 Å². The van der Waals surface area contributed by atoms with Crippen molar-refractivity contribution in [3.05, 3.63) is 58.6 Å². The van der Waals surface area contributed by atoms with Crippen LogP contribution >= 0.6 is 11.6 Å². The predicted molar refractivity (Wildman–Crippen MR) is 93.2 cm³/mol. The van der Waals surface area contributed by atoms with Crippen LogP contribution in [0.5, 0.6) is 5.75 Å². The van der Waals surface area contributed by atoms with Gasteiger partial charge in [0.05, 0.1) is 16.5 Å². The van der Waals surface area contributed by atoms with E-state index in [1.165, 1.54) is 18.3 Å². The number of nitrogens with zero attached hydrogens (tertiary/aromatic N) is 1. The standard InChI is InChI=1S/C17H18ClNO3S/c1-3-10-22-17-9-6-14(11-16(17)18)12-19-23(20,21)15-7-4-13(2)5-8-15/h4-9,11-12H,3,10H2,1-2H3/b19-12-. The summed E-state index contributed by atoms with van der Waals surface area (Å²) in [6.07, 6.45) is 2.17. The fourth-order valence-electron chi connectivity index (χ4n) is 1.83.